The number of rotatable bonds is 11. The van der Waals surface area contributed by atoms with E-state index in [1.165, 1.54) is 31.0 Å². The molecule has 6 heteroatoms. The third-order valence-electron chi connectivity index (χ3n) is 6.24. The summed E-state index contributed by atoms with van der Waals surface area (Å²) >= 11 is 1.44. The Morgan fingerprint density at radius 2 is 1.76 bits per heavy atom. The molecule has 0 radical (unpaired) electrons. The smallest absolute Gasteiger partial charge is 0.252 e. The molecule has 0 aromatic heterocycles. The van der Waals surface area contributed by atoms with E-state index in [4.69, 9.17) is 4.74 Å². The van der Waals surface area contributed by atoms with Gasteiger partial charge in [0.05, 0.1) is 17.4 Å². The first kappa shape index (κ1) is 25.3. The second kappa shape index (κ2) is 13.4. The van der Waals surface area contributed by atoms with Gasteiger partial charge in [-0.2, -0.15) is 0 Å². The molecule has 1 saturated carbocycles. The lowest BCUT2D eigenvalue weighted by Gasteiger charge is -2.31. The first-order valence-electron chi connectivity index (χ1n) is 12.0. The second-order valence-electron chi connectivity index (χ2n) is 8.61. The number of nitrogens with one attached hydrogen (secondary N) is 1. The average molecular weight is 469 g/mol. The summed E-state index contributed by atoms with van der Waals surface area (Å²) in [5.41, 5.74) is 1.77. The quantitative estimate of drug-likeness (QED) is 0.351. The van der Waals surface area contributed by atoms with E-state index in [-0.39, 0.29) is 17.9 Å². The van der Waals surface area contributed by atoms with Crippen LogP contribution in [0.4, 0.5) is 0 Å². The molecule has 1 N–H and O–H groups in total. The van der Waals surface area contributed by atoms with Gasteiger partial charge in [-0.1, -0.05) is 61.7 Å². The number of hydrogen-bond acceptors (Lipinski definition) is 4. The van der Waals surface area contributed by atoms with Gasteiger partial charge in [0, 0.05) is 31.1 Å². The third kappa shape index (κ3) is 7.90. The first-order valence-corrected chi connectivity index (χ1v) is 13.0. The molecule has 178 valence electrons. The zero-order valence-electron chi connectivity index (χ0n) is 19.8. The van der Waals surface area contributed by atoms with Crippen molar-refractivity contribution < 1.29 is 14.3 Å². The van der Waals surface area contributed by atoms with Gasteiger partial charge in [0.25, 0.3) is 5.91 Å². The molecule has 2 aromatic rings. The van der Waals surface area contributed by atoms with Crippen LogP contribution in [0.2, 0.25) is 0 Å². The van der Waals surface area contributed by atoms with Crippen LogP contribution in [0.3, 0.4) is 0 Å². The van der Waals surface area contributed by atoms with Gasteiger partial charge >= 0.3 is 0 Å². The number of benzene rings is 2. The van der Waals surface area contributed by atoms with Crippen LogP contribution >= 0.6 is 11.8 Å². The second-order valence-corrected chi connectivity index (χ2v) is 9.63. The molecule has 1 atom stereocenters. The van der Waals surface area contributed by atoms with Crippen molar-refractivity contribution in [2.75, 3.05) is 26.0 Å². The lowest BCUT2D eigenvalue weighted by Crippen LogP contribution is -2.39. The van der Waals surface area contributed by atoms with Crippen molar-refractivity contribution in [1.29, 1.82) is 0 Å². The minimum absolute atomic E-state index is 0.0308. The summed E-state index contributed by atoms with van der Waals surface area (Å²) in [7, 11) is 1.91. The van der Waals surface area contributed by atoms with Crippen molar-refractivity contribution in [2.45, 2.75) is 62.5 Å². The van der Waals surface area contributed by atoms with E-state index in [1.54, 1.807) is 0 Å². The van der Waals surface area contributed by atoms with Crippen molar-refractivity contribution in [3.8, 4) is 0 Å². The minimum Gasteiger partial charge on any atom is -0.374 e. The molecule has 1 unspecified atom stereocenters. The number of carbonyl (C=O) groups excluding carboxylic acids is 2. The van der Waals surface area contributed by atoms with Crippen LogP contribution in [-0.4, -0.2) is 48.7 Å². The molecule has 3 rings (SSSR count). The van der Waals surface area contributed by atoms with Crippen LogP contribution < -0.4 is 5.32 Å². The predicted molar refractivity (Wildman–Crippen MR) is 135 cm³/mol. The van der Waals surface area contributed by atoms with E-state index < -0.39 is 0 Å². The molecule has 0 spiro atoms. The van der Waals surface area contributed by atoms with Crippen LogP contribution in [-0.2, 0) is 9.53 Å². The molecule has 0 saturated heterocycles. The number of amides is 2. The summed E-state index contributed by atoms with van der Waals surface area (Å²) in [6, 6.07) is 18.0. The summed E-state index contributed by atoms with van der Waals surface area (Å²) < 4.78 is 5.88. The highest BCUT2D eigenvalue weighted by atomic mass is 32.2. The number of thioether (sulfide) groups is 1. The zero-order valence-corrected chi connectivity index (χ0v) is 20.6. The number of ether oxygens (including phenoxy) is 1. The lowest BCUT2D eigenvalue weighted by molar-refractivity contribution is -0.129. The van der Waals surface area contributed by atoms with Crippen LogP contribution in [0, 0.1) is 0 Å². The van der Waals surface area contributed by atoms with Gasteiger partial charge in [0.15, 0.2) is 0 Å². The van der Waals surface area contributed by atoms with Crippen molar-refractivity contribution in [3.05, 3.63) is 65.7 Å². The number of hydrogen-bond donors (Lipinski definition) is 1. The summed E-state index contributed by atoms with van der Waals surface area (Å²) in [6.45, 7) is 3.16. The highest BCUT2D eigenvalue weighted by molar-refractivity contribution is 8.00. The molecule has 2 aromatic carbocycles. The third-order valence-corrected chi connectivity index (χ3v) is 7.30. The van der Waals surface area contributed by atoms with E-state index >= 15 is 0 Å². The summed E-state index contributed by atoms with van der Waals surface area (Å²) in [5, 5.41) is 2.99. The molecule has 1 aliphatic carbocycles. The van der Waals surface area contributed by atoms with Gasteiger partial charge in [0.1, 0.15) is 0 Å². The largest absolute Gasteiger partial charge is 0.374 e. The fraction of sp³-hybridized carbons (Fsp3) is 0.481. The predicted octanol–water partition coefficient (Wildman–Crippen LogP) is 5.47. The molecular weight excluding hydrogens is 432 g/mol. The molecule has 0 heterocycles. The summed E-state index contributed by atoms with van der Waals surface area (Å²) in [4.78, 5) is 28.2. The average Bonchev–Trinajstić information content (AvgIpc) is 2.87. The van der Waals surface area contributed by atoms with Crippen molar-refractivity contribution in [3.63, 3.8) is 0 Å². The van der Waals surface area contributed by atoms with Crippen LogP contribution in [0.1, 0.15) is 67.5 Å². The standard InChI is InChI=1S/C27H36N2O3S/c1-21(22-12-5-3-6-13-22)32-19-11-18-28-27(31)24-16-9-10-17-25(24)33-20-26(30)29(2)23-14-7-4-8-15-23/h3,5-6,9-10,12-13,16-17,21,23H,4,7-8,11,14-15,18-20H2,1-2H3,(H,28,31). The van der Waals surface area contributed by atoms with E-state index in [0.29, 0.717) is 30.5 Å². The van der Waals surface area contributed by atoms with Crippen molar-refractivity contribution in [2.24, 2.45) is 0 Å². The summed E-state index contributed by atoms with van der Waals surface area (Å²) in [6.07, 6.45) is 6.64. The Morgan fingerprint density at radius 3 is 2.52 bits per heavy atom. The lowest BCUT2D eigenvalue weighted by atomic mass is 9.94. The Labute approximate surface area is 202 Å². The molecule has 0 bridgehead atoms. The highest BCUT2D eigenvalue weighted by Crippen LogP contribution is 2.25. The Morgan fingerprint density at radius 1 is 1.06 bits per heavy atom. The van der Waals surface area contributed by atoms with Gasteiger partial charge in [-0.3, -0.25) is 9.59 Å². The van der Waals surface area contributed by atoms with Gasteiger partial charge in [-0.15, -0.1) is 11.8 Å². The monoisotopic (exact) mass is 468 g/mol. The van der Waals surface area contributed by atoms with Crippen molar-refractivity contribution >= 4 is 23.6 Å². The highest BCUT2D eigenvalue weighted by Gasteiger charge is 2.22. The van der Waals surface area contributed by atoms with E-state index in [2.05, 4.69) is 17.4 Å². The van der Waals surface area contributed by atoms with Crippen molar-refractivity contribution in [1.82, 2.24) is 10.2 Å². The Balaban J connectivity index is 1.42. The molecule has 2 amide bonds. The van der Waals surface area contributed by atoms with E-state index in [1.807, 2.05) is 61.3 Å². The Bertz CT molecular complexity index is 884. The maximum atomic E-state index is 12.7. The molecule has 1 aliphatic rings. The maximum Gasteiger partial charge on any atom is 0.252 e. The molecular formula is C27H36N2O3S. The number of carbonyl (C=O) groups is 2. The number of nitrogens with zero attached hydrogens (tertiary/aromatic N) is 1. The SMILES string of the molecule is CC(OCCCNC(=O)c1ccccc1SCC(=O)N(C)C1CCCCC1)c1ccccc1. The maximum absolute atomic E-state index is 12.7. The normalized spacial score (nSPS) is 15.1. The zero-order chi connectivity index (χ0) is 23.5. The molecule has 1 fully saturated rings. The van der Waals surface area contributed by atoms with Crippen LogP contribution in [0.25, 0.3) is 0 Å². The summed E-state index contributed by atoms with van der Waals surface area (Å²) in [5.74, 6) is 0.372. The van der Waals surface area contributed by atoms with Gasteiger partial charge in [-0.05, 0) is 43.9 Å². The van der Waals surface area contributed by atoms with E-state index in [9.17, 15) is 9.59 Å². The van der Waals surface area contributed by atoms with Gasteiger partial charge in [-0.25, -0.2) is 0 Å². The van der Waals surface area contributed by atoms with E-state index in [0.717, 1.165) is 29.7 Å². The molecule has 5 nitrogen and oxygen atoms in total. The van der Waals surface area contributed by atoms with Gasteiger partial charge in [0.2, 0.25) is 5.91 Å². The Hall–Kier alpha value is -2.31. The topological polar surface area (TPSA) is 58.6 Å². The fourth-order valence-corrected chi connectivity index (χ4v) is 5.12. The van der Waals surface area contributed by atoms with Gasteiger partial charge < -0.3 is 15.0 Å². The fourth-order valence-electron chi connectivity index (χ4n) is 4.14. The molecule has 33 heavy (non-hydrogen) atoms. The molecule has 0 aliphatic heterocycles. The minimum atomic E-state index is -0.109. The Kier molecular flexibility index (Phi) is 10.3. The first-order chi connectivity index (χ1) is 16.1. The van der Waals surface area contributed by atoms with Crippen LogP contribution in [0.15, 0.2) is 59.5 Å². The van der Waals surface area contributed by atoms with Crippen LogP contribution in [0.5, 0.6) is 0 Å².